The van der Waals surface area contributed by atoms with Gasteiger partial charge in [-0.3, -0.25) is 9.78 Å². The van der Waals surface area contributed by atoms with Crippen LogP contribution in [0.15, 0.2) is 71.9 Å². The molecule has 0 atom stereocenters. The molecule has 3 rings (SSSR count). The van der Waals surface area contributed by atoms with Crippen molar-refractivity contribution >= 4 is 23.4 Å². The molecule has 3 nitrogen and oxygen atoms in total. The number of hydrogen-bond donors (Lipinski definition) is 1. The molecule has 0 aliphatic rings. The lowest BCUT2D eigenvalue weighted by atomic mass is 10.1. The van der Waals surface area contributed by atoms with Gasteiger partial charge in [-0.15, -0.1) is 11.8 Å². The van der Waals surface area contributed by atoms with Crippen LogP contribution in [0.25, 0.3) is 0 Å². The third kappa shape index (κ3) is 4.94. The number of aryl methyl sites for hydroxylation is 2. The van der Waals surface area contributed by atoms with Crippen LogP contribution in [0.3, 0.4) is 0 Å². The third-order valence-corrected chi connectivity index (χ3v) is 4.81. The maximum atomic E-state index is 12.4. The van der Waals surface area contributed by atoms with E-state index in [-0.39, 0.29) is 5.91 Å². The van der Waals surface area contributed by atoms with Gasteiger partial charge < -0.3 is 5.32 Å². The van der Waals surface area contributed by atoms with Gasteiger partial charge in [0.1, 0.15) is 0 Å². The molecular weight excluding hydrogens is 328 g/mol. The fourth-order valence-electron chi connectivity index (χ4n) is 2.59. The van der Waals surface area contributed by atoms with Gasteiger partial charge in [0.25, 0.3) is 5.91 Å². The Hall–Kier alpha value is -2.59. The van der Waals surface area contributed by atoms with Gasteiger partial charge in [0, 0.05) is 34.3 Å². The summed E-state index contributed by atoms with van der Waals surface area (Å²) >= 11 is 1.75. The van der Waals surface area contributed by atoms with E-state index in [4.69, 9.17) is 0 Å². The lowest BCUT2D eigenvalue weighted by molar-refractivity contribution is 0.102. The number of nitrogens with one attached hydrogen (secondary N) is 1. The summed E-state index contributed by atoms with van der Waals surface area (Å²) in [6.45, 7) is 4.00. The van der Waals surface area contributed by atoms with Crippen LogP contribution in [-0.2, 0) is 5.75 Å². The quantitative estimate of drug-likeness (QED) is 0.641. The van der Waals surface area contributed by atoms with Crippen molar-refractivity contribution < 1.29 is 4.79 Å². The van der Waals surface area contributed by atoms with Crippen molar-refractivity contribution in [3.8, 4) is 0 Å². The van der Waals surface area contributed by atoms with Gasteiger partial charge in [-0.25, -0.2) is 0 Å². The number of carbonyl (C=O) groups is 1. The van der Waals surface area contributed by atoms with E-state index in [9.17, 15) is 4.79 Å². The Morgan fingerprint density at radius 2 is 1.76 bits per heavy atom. The maximum absolute atomic E-state index is 12.4. The van der Waals surface area contributed by atoms with Crippen LogP contribution in [0.1, 0.15) is 27.0 Å². The summed E-state index contributed by atoms with van der Waals surface area (Å²) in [5.41, 5.74) is 4.86. The summed E-state index contributed by atoms with van der Waals surface area (Å²) in [6, 6.07) is 17.8. The molecule has 0 spiro atoms. The zero-order valence-corrected chi connectivity index (χ0v) is 15.1. The summed E-state index contributed by atoms with van der Waals surface area (Å²) < 4.78 is 0. The highest BCUT2D eigenvalue weighted by molar-refractivity contribution is 7.98. The number of benzene rings is 2. The van der Waals surface area contributed by atoms with E-state index in [0.29, 0.717) is 5.56 Å². The average molecular weight is 348 g/mol. The highest BCUT2D eigenvalue weighted by Crippen LogP contribution is 2.24. The monoisotopic (exact) mass is 348 g/mol. The highest BCUT2D eigenvalue weighted by Gasteiger charge is 2.07. The van der Waals surface area contributed by atoms with E-state index in [1.54, 1.807) is 18.0 Å². The van der Waals surface area contributed by atoms with Crippen molar-refractivity contribution in [1.82, 2.24) is 4.98 Å². The Morgan fingerprint density at radius 1 is 1.04 bits per heavy atom. The molecule has 1 amide bonds. The second-order valence-corrected chi connectivity index (χ2v) is 7.05. The molecule has 1 aromatic heterocycles. The smallest absolute Gasteiger partial charge is 0.255 e. The van der Waals surface area contributed by atoms with Crippen LogP contribution >= 0.6 is 11.8 Å². The van der Waals surface area contributed by atoms with Crippen LogP contribution < -0.4 is 5.32 Å². The number of carbonyl (C=O) groups excluding carboxylic acids is 1. The molecule has 0 saturated heterocycles. The van der Waals surface area contributed by atoms with Crippen molar-refractivity contribution in [1.29, 1.82) is 0 Å². The Bertz CT molecular complexity index is 841. The number of pyridine rings is 1. The molecule has 4 heteroatoms. The molecular formula is C21H20N2OS. The second kappa shape index (κ2) is 7.99. The second-order valence-electron chi connectivity index (χ2n) is 6.00. The lowest BCUT2D eigenvalue weighted by Gasteiger charge is -2.08. The van der Waals surface area contributed by atoms with E-state index >= 15 is 0 Å². The minimum absolute atomic E-state index is 0.0810. The highest BCUT2D eigenvalue weighted by atomic mass is 32.2. The maximum Gasteiger partial charge on any atom is 0.255 e. The Labute approximate surface area is 152 Å². The zero-order chi connectivity index (χ0) is 17.6. The van der Waals surface area contributed by atoms with E-state index in [1.165, 1.54) is 5.56 Å². The first-order chi connectivity index (χ1) is 12.1. The minimum Gasteiger partial charge on any atom is -0.322 e. The molecule has 0 unspecified atom stereocenters. The number of thioether (sulfide) groups is 1. The van der Waals surface area contributed by atoms with E-state index in [1.807, 2.05) is 62.5 Å². The summed E-state index contributed by atoms with van der Waals surface area (Å²) in [5.74, 6) is 0.796. The number of aromatic nitrogens is 1. The van der Waals surface area contributed by atoms with Crippen molar-refractivity contribution in [3.05, 3.63) is 89.2 Å². The molecule has 2 aromatic carbocycles. The Balaban J connectivity index is 1.61. The first kappa shape index (κ1) is 17.2. The van der Waals surface area contributed by atoms with Gasteiger partial charge in [-0.1, -0.05) is 23.3 Å². The third-order valence-electron chi connectivity index (χ3n) is 3.72. The van der Waals surface area contributed by atoms with Gasteiger partial charge in [0.15, 0.2) is 0 Å². The number of nitrogens with zero attached hydrogens (tertiary/aromatic N) is 1. The molecule has 0 saturated carbocycles. The van der Waals surface area contributed by atoms with Gasteiger partial charge in [-0.05, 0) is 61.9 Å². The summed E-state index contributed by atoms with van der Waals surface area (Å²) in [4.78, 5) is 17.7. The van der Waals surface area contributed by atoms with Crippen molar-refractivity contribution in [2.45, 2.75) is 24.5 Å². The molecule has 0 fully saturated rings. The molecule has 0 radical (unpaired) electrons. The number of amides is 1. The van der Waals surface area contributed by atoms with Crippen molar-refractivity contribution in [3.63, 3.8) is 0 Å². The van der Waals surface area contributed by atoms with Crippen LogP contribution in [0, 0.1) is 13.8 Å². The van der Waals surface area contributed by atoms with Gasteiger partial charge in [0.2, 0.25) is 0 Å². The van der Waals surface area contributed by atoms with Crippen LogP contribution in [0.5, 0.6) is 0 Å². The fraction of sp³-hybridized carbons (Fsp3) is 0.143. The first-order valence-electron chi connectivity index (χ1n) is 8.11. The topological polar surface area (TPSA) is 42.0 Å². The van der Waals surface area contributed by atoms with E-state index in [0.717, 1.165) is 27.5 Å². The van der Waals surface area contributed by atoms with Crippen LogP contribution in [-0.4, -0.2) is 10.9 Å². The molecule has 25 heavy (non-hydrogen) atoms. The van der Waals surface area contributed by atoms with Crippen molar-refractivity contribution in [2.75, 3.05) is 5.32 Å². The summed E-state index contributed by atoms with van der Waals surface area (Å²) in [6.07, 6.45) is 3.66. The Morgan fingerprint density at radius 3 is 2.40 bits per heavy atom. The molecule has 126 valence electrons. The molecule has 1 N–H and O–H groups in total. The molecule has 1 heterocycles. The van der Waals surface area contributed by atoms with Gasteiger partial charge in [0.05, 0.1) is 0 Å². The van der Waals surface area contributed by atoms with E-state index in [2.05, 4.69) is 22.4 Å². The minimum atomic E-state index is -0.0810. The van der Waals surface area contributed by atoms with Crippen LogP contribution in [0.2, 0.25) is 0 Å². The lowest BCUT2D eigenvalue weighted by Crippen LogP contribution is -2.12. The molecule has 0 bridgehead atoms. The number of rotatable bonds is 5. The average Bonchev–Trinajstić information content (AvgIpc) is 2.61. The number of hydrogen-bond acceptors (Lipinski definition) is 3. The SMILES string of the molecule is Cc1cc(C)cc(C(=O)Nc2ccc(SCc3cccnc3)cc2)c1. The Kier molecular flexibility index (Phi) is 5.51. The summed E-state index contributed by atoms with van der Waals surface area (Å²) in [5, 5.41) is 2.96. The zero-order valence-electron chi connectivity index (χ0n) is 14.3. The van der Waals surface area contributed by atoms with Gasteiger partial charge >= 0.3 is 0 Å². The standard InChI is InChI=1S/C21H20N2OS/c1-15-10-16(2)12-18(11-15)21(24)23-19-5-7-20(8-6-19)25-14-17-4-3-9-22-13-17/h3-13H,14H2,1-2H3,(H,23,24). The first-order valence-corrected chi connectivity index (χ1v) is 9.10. The molecule has 0 aliphatic heterocycles. The molecule has 0 aliphatic carbocycles. The van der Waals surface area contributed by atoms with E-state index < -0.39 is 0 Å². The van der Waals surface area contributed by atoms with Crippen LogP contribution in [0.4, 0.5) is 5.69 Å². The van der Waals surface area contributed by atoms with Gasteiger partial charge in [-0.2, -0.15) is 0 Å². The predicted octanol–water partition coefficient (Wildman–Crippen LogP) is 5.24. The predicted molar refractivity (Wildman–Crippen MR) is 104 cm³/mol. The number of anilines is 1. The normalized spacial score (nSPS) is 10.5. The fourth-order valence-corrected chi connectivity index (χ4v) is 3.43. The largest absolute Gasteiger partial charge is 0.322 e. The summed E-state index contributed by atoms with van der Waals surface area (Å²) in [7, 11) is 0. The molecule has 3 aromatic rings. The van der Waals surface area contributed by atoms with Crippen molar-refractivity contribution in [2.24, 2.45) is 0 Å².